The van der Waals surface area contributed by atoms with E-state index >= 15 is 0 Å². The van der Waals surface area contributed by atoms with Crippen LogP contribution >= 0.6 is 0 Å². The molecular weight excluding hydrogens is 406 g/mol. The first-order valence-corrected chi connectivity index (χ1v) is 11.3. The van der Waals surface area contributed by atoms with E-state index in [2.05, 4.69) is 82.7 Å². The Balaban J connectivity index is 2.13. The quantitative estimate of drug-likeness (QED) is 0.312. The average molecular weight is 444 g/mol. The summed E-state index contributed by atoms with van der Waals surface area (Å²) in [6, 6.07) is 12.5. The molecule has 1 unspecified atom stereocenters. The summed E-state index contributed by atoms with van der Waals surface area (Å²) in [6.45, 7) is 11.1. The fourth-order valence-electron chi connectivity index (χ4n) is 3.31. The number of nitrogens with zero attached hydrogens (tertiary/aromatic N) is 2. The summed E-state index contributed by atoms with van der Waals surface area (Å²) in [4.78, 5) is 18.1. The van der Waals surface area contributed by atoms with E-state index in [4.69, 9.17) is 4.74 Å². The third-order valence-electron chi connectivity index (χ3n) is 4.90. The van der Waals surface area contributed by atoms with Crippen LogP contribution in [0.15, 0.2) is 36.4 Å². The van der Waals surface area contributed by atoms with Crippen molar-refractivity contribution in [3.05, 3.63) is 47.5 Å². The molecule has 32 heavy (non-hydrogen) atoms. The van der Waals surface area contributed by atoms with Gasteiger partial charge >= 0.3 is 6.09 Å². The molecule has 176 valence electrons. The molecule has 0 aliphatic carbocycles. The maximum absolute atomic E-state index is 11.2. The number of pyridine rings is 1. The van der Waals surface area contributed by atoms with Crippen LogP contribution in [0.25, 0.3) is 0 Å². The van der Waals surface area contributed by atoms with Crippen molar-refractivity contribution < 1.29 is 14.3 Å². The van der Waals surface area contributed by atoms with Crippen molar-refractivity contribution in [1.29, 1.82) is 0 Å². The number of hydrogen-bond donors (Lipinski definition) is 3. The number of benzene rings is 1. The van der Waals surface area contributed by atoms with Gasteiger partial charge in [0.1, 0.15) is 12.4 Å². The molecule has 0 bridgehead atoms. The van der Waals surface area contributed by atoms with Crippen molar-refractivity contribution in [3.63, 3.8) is 0 Å². The predicted octanol–water partition coefficient (Wildman–Crippen LogP) is 4.43. The van der Waals surface area contributed by atoms with Gasteiger partial charge in [-0.1, -0.05) is 43.7 Å². The van der Waals surface area contributed by atoms with Crippen LogP contribution in [-0.4, -0.2) is 44.4 Å². The molecule has 0 saturated heterocycles. The SMILES string of the molecule is CCCN(CCC)c1cc(NNC(C)c2cccc(C)c2)nc(OCCNC(=O)OC)c1. The molecule has 0 radical (unpaired) electrons. The predicted molar refractivity (Wildman–Crippen MR) is 129 cm³/mol. The Morgan fingerprint density at radius 2 is 1.91 bits per heavy atom. The van der Waals surface area contributed by atoms with Crippen LogP contribution in [0.1, 0.15) is 50.8 Å². The Hall–Kier alpha value is -3.00. The summed E-state index contributed by atoms with van der Waals surface area (Å²) in [6.07, 6.45) is 1.61. The Bertz CT molecular complexity index is 840. The number of carbonyl (C=O) groups excluding carboxylic acids is 1. The van der Waals surface area contributed by atoms with Gasteiger partial charge in [0, 0.05) is 37.0 Å². The number of nitrogens with one attached hydrogen (secondary N) is 3. The summed E-state index contributed by atoms with van der Waals surface area (Å²) >= 11 is 0. The number of rotatable bonds is 13. The number of amides is 1. The lowest BCUT2D eigenvalue weighted by Gasteiger charge is -2.25. The second-order valence-corrected chi connectivity index (χ2v) is 7.71. The van der Waals surface area contributed by atoms with E-state index in [-0.39, 0.29) is 6.04 Å². The highest BCUT2D eigenvalue weighted by molar-refractivity contribution is 5.66. The molecule has 1 amide bonds. The van der Waals surface area contributed by atoms with Crippen molar-refractivity contribution in [2.75, 3.05) is 43.7 Å². The Morgan fingerprint density at radius 3 is 2.56 bits per heavy atom. The zero-order chi connectivity index (χ0) is 23.3. The molecule has 2 aromatic rings. The van der Waals surface area contributed by atoms with Crippen LogP contribution in [0.4, 0.5) is 16.3 Å². The van der Waals surface area contributed by atoms with Gasteiger partial charge in [-0.2, -0.15) is 4.98 Å². The Kier molecular flexibility index (Phi) is 10.6. The molecular formula is C24H37N5O3. The maximum Gasteiger partial charge on any atom is 0.406 e. The number of carbonyl (C=O) groups is 1. The van der Waals surface area contributed by atoms with Gasteiger partial charge in [0.2, 0.25) is 5.88 Å². The number of alkyl carbamates (subject to hydrolysis) is 1. The Labute approximate surface area is 191 Å². The van der Waals surface area contributed by atoms with Gasteiger partial charge in [-0.15, -0.1) is 0 Å². The zero-order valence-electron chi connectivity index (χ0n) is 19.9. The van der Waals surface area contributed by atoms with Gasteiger partial charge in [0.05, 0.1) is 13.7 Å². The second kappa shape index (κ2) is 13.4. The van der Waals surface area contributed by atoms with Gasteiger partial charge < -0.3 is 25.1 Å². The van der Waals surface area contributed by atoms with E-state index in [0.717, 1.165) is 31.6 Å². The fourth-order valence-corrected chi connectivity index (χ4v) is 3.31. The van der Waals surface area contributed by atoms with E-state index in [1.807, 2.05) is 12.1 Å². The molecule has 0 aliphatic rings. The highest BCUT2D eigenvalue weighted by Gasteiger charge is 2.12. The van der Waals surface area contributed by atoms with Crippen LogP contribution in [0, 0.1) is 6.92 Å². The van der Waals surface area contributed by atoms with Crippen molar-refractivity contribution in [2.24, 2.45) is 0 Å². The average Bonchev–Trinajstić information content (AvgIpc) is 2.79. The third-order valence-corrected chi connectivity index (χ3v) is 4.90. The van der Waals surface area contributed by atoms with E-state index in [9.17, 15) is 4.79 Å². The molecule has 1 aromatic carbocycles. The normalized spacial score (nSPS) is 11.5. The number of aromatic nitrogens is 1. The van der Waals surface area contributed by atoms with E-state index < -0.39 is 6.09 Å². The third kappa shape index (κ3) is 8.26. The number of ether oxygens (including phenoxy) is 2. The smallest absolute Gasteiger partial charge is 0.406 e. The summed E-state index contributed by atoms with van der Waals surface area (Å²) < 4.78 is 10.4. The largest absolute Gasteiger partial charge is 0.476 e. The Morgan fingerprint density at radius 1 is 1.16 bits per heavy atom. The van der Waals surface area contributed by atoms with Gasteiger partial charge in [-0.25, -0.2) is 10.2 Å². The summed E-state index contributed by atoms with van der Waals surface area (Å²) in [7, 11) is 1.33. The van der Waals surface area contributed by atoms with Gasteiger partial charge in [0.25, 0.3) is 0 Å². The number of aryl methyl sites for hydroxylation is 1. The molecule has 0 fully saturated rings. The second-order valence-electron chi connectivity index (χ2n) is 7.71. The molecule has 0 spiro atoms. The standard InChI is InChI=1S/C24H37N5O3/c1-6-12-29(13-7-2)21-16-22(26-23(17-21)32-14-11-25-24(30)31-5)28-27-19(4)20-10-8-9-18(3)15-20/h8-10,15-17,19,27H,6-7,11-14H2,1-5H3,(H,25,30)(H,26,28). The number of hydrazine groups is 1. The van der Waals surface area contributed by atoms with Crippen LogP contribution in [-0.2, 0) is 4.74 Å². The lowest BCUT2D eigenvalue weighted by molar-refractivity contribution is 0.168. The summed E-state index contributed by atoms with van der Waals surface area (Å²) in [5.74, 6) is 1.18. The molecule has 3 N–H and O–H groups in total. The summed E-state index contributed by atoms with van der Waals surface area (Å²) in [5.41, 5.74) is 10.0. The van der Waals surface area contributed by atoms with Crippen LogP contribution in [0.3, 0.4) is 0 Å². The minimum atomic E-state index is -0.482. The first kappa shape index (κ1) is 25.3. The van der Waals surface area contributed by atoms with Crippen molar-refractivity contribution in [2.45, 2.75) is 46.6 Å². The molecule has 2 rings (SSSR count). The molecule has 1 aromatic heterocycles. The van der Waals surface area contributed by atoms with Crippen molar-refractivity contribution in [1.82, 2.24) is 15.7 Å². The first-order valence-electron chi connectivity index (χ1n) is 11.3. The van der Waals surface area contributed by atoms with Gasteiger partial charge in [0.15, 0.2) is 0 Å². The monoisotopic (exact) mass is 443 g/mol. The summed E-state index contributed by atoms with van der Waals surface area (Å²) in [5, 5.41) is 2.61. The van der Waals surface area contributed by atoms with Gasteiger partial charge in [-0.3, -0.25) is 0 Å². The van der Waals surface area contributed by atoms with Crippen molar-refractivity contribution >= 4 is 17.6 Å². The zero-order valence-corrected chi connectivity index (χ0v) is 19.9. The highest BCUT2D eigenvalue weighted by Crippen LogP contribution is 2.25. The molecule has 8 heteroatoms. The van der Waals surface area contributed by atoms with Crippen LogP contribution in [0.5, 0.6) is 5.88 Å². The molecule has 0 aliphatic heterocycles. The number of methoxy groups -OCH3 is 1. The lowest BCUT2D eigenvalue weighted by Crippen LogP contribution is -2.29. The van der Waals surface area contributed by atoms with Gasteiger partial charge in [-0.05, 0) is 32.3 Å². The van der Waals surface area contributed by atoms with Crippen LogP contribution < -0.4 is 25.8 Å². The van der Waals surface area contributed by atoms with E-state index in [1.54, 1.807) is 0 Å². The topological polar surface area (TPSA) is 87.8 Å². The van der Waals surface area contributed by atoms with E-state index in [1.165, 1.54) is 18.2 Å². The first-order chi connectivity index (χ1) is 15.5. The van der Waals surface area contributed by atoms with Crippen LogP contribution in [0.2, 0.25) is 0 Å². The van der Waals surface area contributed by atoms with Crippen molar-refractivity contribution in [3.8, 4) is 5.88 Å². The minimum Gasteiger partial charge on any atom is -0.476 e. The molecule has 1 heterocycles. The lowest BCUT2D eigenvalue weighted by atomic mass is 10.1. The molecule has 8 nitrogen and oxygen atoms in total. The van der Waals surface area contributed by atoms with E-state index in [0.29, 0.717) is 24.8 Å². The highest BCUT2D eigenvalue weighted by atomic mass is 16.5. The number of hydrogen-bond acceptors (Lipinski definition) is 7. The molecule has 1 atom stereocenters. The maximum atomic E-state index is 11.2. The number of anilines is 2. The minimum absolute atomic E-state index is 0.0939. The fraction of sp³-hybridized carbons (Fsp3) is 0.500. The molecule has 0 saturated carbocycles.